The summed E-state index contributed by atoms with van der Waals surface area (Å²) >= 11 is 0. The highest BCUT2D eigenvalue weighted by Gasteiger charge is 2.35. The number of benzene rings is 2. The number of hydrogen-bond donors (Lipinski definition) is 1. The number of aliphatic hydroxyl groups is 1. The molecule has 2 nitrogen and oxygen atoms in total. The third-order valence-electron chi connectivity index (χ3n) is 4.02. The Morgan fingerprint density at radius 2 is 1.79 bits per heavy atom. The summed E-state index contributed by atoms with van der Waals surface area (Å²) in [5.41, 5.74) is 2.39. The van der Waals surface area contributed by atoms with Gasteiger partial charge in [-0.15, -0.1) is 0 Å². The van der Waals surface area contributed by atoms with Gasteiger partial charge in [0.2, 0.25) is 0 Å². The van der Waals surface area contributed by atoms with E-state index in [2.05, 4.69) is 6.07 Å². The first-order valence-corrected chi connectivity index (χ1v) is 6.69. The second kappa shape index (κ2) is 4.71. The van der Waals surface area contributed by atoms with Gasteiger partial charge in [0, 0.05) is 0 Å². The SMILES string of the molecule is COc1ccc([C@]2(O)CCCc3ccccc32)cc1. The maximum Gasteiger partial charge on any atom is 0.118 e. The highest BCUT2D eigenvalue weighted by molar-refractivity contribution is 5.44. The Morgan fingerprint density at radius 3 is 2.53 bits per heavy atom. The molecule has 0 aromatic heterocycles. The Balaban J connectivity index is 2.07. The second-order valence-corrected chi connectivity index (χ2v) is 5.10. The van der Waals surface area contributed by atoms with Crippen molar-refractivity contribution in [2.45, 2.75) is 24.9 Å². The monoisotopic (exact) mass is 254 g/mol. The lowest BCUT2D eigenvalue weighted by molar-refractivity contribution is 0.0615. The van der Waals surface area contributed by atoms with Crippen molar-refractivity contribution in [3.8, 4) is 5.75 Å². The molecular weight excluding hydrogens is 236 g/mol. The van der Waals surface area contributed by atoms with E-state index in [1.54, 1.807) is 7.11 Å². The van der Waals surface area contributed by atoms with Crippen LogP contribution in [0, 0.1) is 0 Å². The van der Waals surface area contributed by atoms with E-state index in [1.807, 2.05) is 42.5 Å². The lowest BCUT2D eigenvalue weighted by atomic mass is 9.75. The normalized spacial score (nSPS) is 21.8. The minimum absolute atomic E-state index is 0.774. The van der Waals surface area contributed by atoms with Crippen LogP contribution in [0.4, 0.5) is 0 Å². The van der Waals surface area contributed by atoms with Crippen LogP contribution in [0.3, 0.4) is 0 Å². The fourth-order valence-corrected chi connectivity index (χ4v) is 2.98. The average Bonchev–Trinajstić information content (AvgIpc) is 2.48. The highest BCUT2D eigenvalue weighted by atomic mass is 16.5. The molecule has 19 heavy (non-hydrogen) atoms. The van der Waals surface area contributed by atoms with Crippen LogP contribution < -0.4 is 4.74 Å². The van der Waals surface area contributed by atoms with Crippen LogP contribution in [0.25, 0.3) is 0 Å². The van der Waals surface area contributed by atoms with E-state index in [0.717, 1.165) is 36.1 Å². The molecule has 0 fully saturated rings. The Hall–Kier alpha value is -1.80. The molecule has 1 aliphatic carbocycles. The van der Waals surface area contributed by atoms with E-state index in [0.29, 0.717) is 0 Å². The smallest absolute Gasteiger partial charge is 0.118 e. The van der Waals surface area contributed by atoms with E-state index >= 15 is 0 Å². The first kappa shape index (κ1) is 12.2. The number of rotatable bonds is 2. The van der Waals surface area contributed by atoms with Gasteiger partial charge < -0.3 is 9.84 Å². The van der Waals surface area contributed by atoms with Gasteiger partial charge in [-0.25, -0.2) is 0 Å². The molecule has 98 valence electrons. The third kappa shape index (κ3) is 2.02. The van der Waals surface area contributed by atoms with Gasteiger partial charge in [-0.05, 0) is 48.1 Å². The third-order valence-corrected chi connectivity index (χ3v) is 4.02. The van der Waals surface area contributed by atoms with Gasteiger partial charge in [0.05, 0.1) is 7.11 Å². The summed E-state index contributed by atoms with van der Waals surface area (Å²) in [6, 6.07) is 15.9. The molecule has 0 saturated carbocycles. The maximum atomic E-state index is 11.1. The number of aryl methyl sites for hydroxylation is 1. The molecule has 0 bridgehead atoms. The molecule has 0 amide bonds. The summed E-state index contributed by atoms with van der Waals surface area (Å²) in [4.78, 5) is 0. The summed E-state index contributed by atoms with van der Waals surface area (Å²) in [7, 11) is 1.65. The molecule has 2 aromatic rings. The van der Waals surface area contributed by atoms with Gasteiger partial charge >= 0.3 is 0 Å². The number of ether oxygens (including phenoxy) is 1. The van der Waals surface area contributed by atoms with Gasteiger partial charge in [-0.1, -0.05) is 36.4 Å². The molecular formula is C17H18O2. The predicted octanol–water partition coefficient (Wildman–Crippen LogP) is 3.27. The van der Waals surface area contributed by atoms with Crippen molar-refractivity contribution >= 4 is 0 Å². The molecule has 2 aromatic carbocycles. The maximum absolute atomic E-state index is 11.1. The molecule has 0 saturated heterocycles. The standard InChI is InChI=1S/C17H18O2/c1-19-15-10-8-14(9-11-15)17(18)12-4-6-13-5-2-3-7-16(13)17/h2-3,5,7-11,18H,4,6,12H2,1H3/t17-/m1/s1. The van der Waals surface area contributed by atoms with Gasteiger partial charge in [-0.2, -0.15) is 0 Å². The van der Waals surface area contributed by atoms with Crippen molar-refractivity contribution < 1.29 is 9.84 Å². The molecule has 0 spiro atoms. The number of methoxy groups -OCH3 is 1. The van der Waals surface area contributed by atoms with Crippen LogP contribution in [0.15, 0.2) is 48.5 Å². The molecule has 1 N–H and O–H groups in total. The van der Waals surface area contributed by atoms with E-state index in [-0.39, 0.29) is 0 Å². The topological polar surface area (TPSA) is 29.5 Å². The van der Waals surface area contributed by atoms with E-state index in [4.69, 9.17) is 4.74 Å². The summed E-state index contributed by atoms with van der Waals surface area (Å²) in [5.74, 6) is 0.816. The number of fused-ring (bicyclic) bond motifs is 1. The van der Waals surface area contributed by atoms with Crippen LogP contribution in [0.5, 0.6) is 5.75 Å². The lowest BCUT2D eigenvalue weighted by Gasteiger charge is -2.35. The average molecular weight is 254 g/mol. The van der Waals surface area contributed by atoms with E-state index < -0.39 is 5.60 Å². The van der Waals surface area contributed by atoms with Gasteiger partial charge in [0.25, 0.3) is 0 Å². The summed E-state index contributed by atoms with van der Waals surface area (Å²) in [6.45, 7) is 0. The van der Waals surface area contributed by atoms with Crippen molar-refractivity contribution in [3.05, 3.63) is 65.2 Å². The molecule has 1 aliphatic rings. The van der Waals surface area contributed by atoms with E-state index in [1.165, 1.54) is 5.56 Å². The zero-order chi connectivity index (χ0) is 13.3. The predicted molar refractivity (Wildman–Crippen MR) is 75.4 cm³/mol. The number of hydrogen-bond acceptors (Lipinski definition) is 2. The Labute approximate surface area is 113 Å². The van der Waals surface area contributed by atoms with Gasteiger partial charge in [0.1, 0.15) is 11.4 Å². The van der Waals surface area contributed by atoms with Gasteiger partial charge in [-0.3, -0.25) is 0 Å². The second-order valence-electron chi connectivity index (χ2n) is 5.10. The van der Waals surface area contributed by atoms with Crippen molar-refractivity contribution in [2.24, 2.45) is 0 Å². The first-order chi connectivity index (χ1) is 9.24. The van der Waals surface area contributed by atoms with Crippen molar-refractivity contribution in [2.75, 3.05) is 7.11 Å². The Morgan fingerprint density at radius 1 is 1.05 bits per heavy atom. The summed E-state index contributed by atoms with van der Waals surface area (Å²) < 4.78 is 5.18. The largest absolute Gasteiger partial charge is 0.497 e. The lowest BCUT2D eigenvalue weighted by Crippen LogP contribution is -2.31. The van der Waals surface area contributed by atoms with Crippen molar-refractivity contribution in [1.29, 1.82) is 0 Å². The van der Waals surface area contributed by atoms with Crippen molar-refractivity contribution in [3.63, 3.8) is 0 Å². The molecule has 0 radical (unpaired) electrons. The summed E-state index contributed by atoms with van der Waals surface area (Å²) in [6.07, 6.45) is 2.84. The minimum Gasteiger partial charge on any atom is -0.497 e. The van der Waals surface area contributed by atoms with Crippen molar-refractivity contribution in [1.82, 2.24) is 0 Å². The highest BCUT2D eigenvalue weighted by Crippen LogP contribution is 2.40. The molecule has 2 heteroatoms. The molecule has 0 unspecified atom stereocenters. The Kier molecular flexibility index (Phi) is 3.03. The Bertz CT molecular complexity index is 574. The first-order valence-electron chi connectivity index (χ1n) is 6.69. The molecule has 0 heterocycles. The van der Waals surface area contributed by atoms with Crippen LogP contribution in [-0.2, 0) is 12.0 Å². The minimum atomic E-state index is -0.860. The van der Waals surface area contributed by atoms with Gasteiger partial charge in [0.15, 0.2) is 0 Å². The quantitative estimate of drug-likeness (QED) is 0.891. The van der Waals surface area contributed by atoms with Crippen LogP contribution in [0.1, 0.15) is 29.5 Å². The van der Waals surface area contributed by atoms with Crippen LogP contribution in [0.2, 0.25) is 0 Å². The molecule has 1 atom stereocenters. The zero-order valence-corrected chi connectivity index (χ0v) is 11.1. The fraction of sp³-hybridized carbons (Fsp3) is 0.294. The van der Waals surface area contributed by atoms with Crippen LogP contribution >= 0.6 is 0 Å². The molecule has 3 rings (SSSR count). The van der Waals surface area contributed by atoms with Crippen LogP contribution in [-0.4, -0.2) is 12.2 Å². The fourth-order valence-electron chi connectivity index (χ4n) is 2.98. The molecule has 0 aliphatic heterocycles. The summed E-state index contributed by atoms with van der Waals surface area (Å²) in [5, 5.41) is 11.1. The van der Waals surface area contributed by atoms with E-state index in [9.17, 15) is 5.11 Å². The zero-order valence-electron chi connectivity index (χ0n) is 11.1.